The average molecular weight is 335 g/mol. The fourth-order valence-corrected chi connectivity index (χ4v) is 4.45. The van der Waals surface area contributed by atoms with Crippen molar-refractivity contribution < 1.29 is 20.7 Å². The van der Waals surface area contributed by atoms with E-state index >= 15 is 0 Å². The first-order chi connectivity index (χ1) is 9.75. The van der Waals surface area contributed by atoms with Crippen molar-refractivity contribution in [3.05, 3.63) is 24.3 Å². The van der Waals surface area contributed by atoms with Crippen molar-refractivity contribution in [2.75, 3.05) is 13.1 Å². The third kappa shape index (κ3) is 3.61. The first kappa shape index (κ1) is 16.4. The molecule has 0 aliphatic heterocycles. The van der Waals surface area contributed by atoms with E-state index in [4.69, 9.17) is 0 Å². The normalized spacial score (nSPS) is 16.9. The Morgan fingerprint density at radius 2 is 1.81 bits per heavy atom. The summed E-state index contributed by atoms with van der Waals surface area (Å²) in [6, 6.07) is 4.43. The van der Waals surface area contributed by atoms with Gasteiger partial charge in [0.2, 0.25) is 10.0 Å². The molecule has 1 fully saturated rings. The summed E-state index contributed by atoms with van der Waals surface area (Å²) >= 11 is 0. The molecule has 0 spiro atoms. The Morgan fingerprint density at radius 3 is 2.29 bits per heavy atom. The number of rotatable bonds is 6. The van der Waals surface area contributed by atoms with Gasteiger partial charge in [-0.05, 0) is 37.0 Å². The zero-order chi connectivity index (χ0) is 15.7. The van der Waals surface area contributed by atoms with Crippen LogP contribution in [0.25, 0.3) is 0 Å². The SMILES string of the molecule is CCN(CC1CCC1)S(=O)(=O)c1cccc(S(=O)(=O)F)c1. The topological polar surface area (TPSA) is 71.5 Å². The quantitative estimate of drug-likeness (QED) is 0.747. The molecule has 5 nitrogen and oxygen atoms in total. The molecule has 0 unspecified atom stereocenters. The maximum atomic E-state index is 13.0. The summed E-state index contributed by atoms with van der Waals surface area (Å²) in [6.45, 7) is 2.45. The van der Waals surface area contributed by atoms with Crippen LogP contribution in [-0.4, -0.2) is 34.2 Å². The molecule has 21 heavy (non-hydrogen) atoms. The van der Waals surface area contributed by atoms with Crippen LogP contribution in [0.1, 0.15) is 26.2 Å². The first-order valence-corrected chi connectivity index (χ1v) is 9.62. The Bertz CT molecular complexity index is 711. The number of halogens is 1. The van der Waals surface area contributed by atoms with Gasteiger partial charge in [-0.15, -0.1) is 3.89 Å². The van der Waals surface area contributed by atoms with Crippen molar-refractivity contribution >= 4 is 20.2 Å². The lowest BCUT2D eigenvalue weighted by Gasteiger charge is -2.31. The molecule has 1 aromatic rings. The molecule has 118 valence electrons. The van der Waals surface area contributed by atoms with Gasteiger partial charge < -0.3 is 0 Å². The van der Waals surface area contributed by atoms with Gasteiger partial charge in [-0.3, -0.25) is 0 Å². The summed E-state index contributed by atoms with van der Waals surface area (Å²) in [5, 5.41) is 0. The van der Waals surface area contributed by atoms with Crippen molar-refractivity contribution in [2.45, 2.75) is 36.0 Å². The summed E-state index contributed by atoms with van der Waals surface area (Å²) in [7, 11) is -8.72. The fraction of sp³-hybridized carbons (Fsp3) is 0.538. The molecule has 0 amide bonds. The van der Waals surface area contributed by atoms with Gasteiger partial charge in [0.1, 0.15) is 0 Å². The Balaban J connectivity index is 2.33. The van der Waals surface area contributed by atoms with Gasteiger partial charge in [-0.25, -0.2) is 8.42 Å². The lowest BCUT2D eigenvalue weighted by molar-refractivity contribution is 0.250. The van der Waals surface area contributed by atoms with Crippen molar-refractivity contribution in [1.82, 2.24) is 4.31 Å². The molecule has 0 saturated heterocycles. The molecule has 0 bridgehead atoms. The number of hydrogen-bond donors (Lipinski definition) is 0. The molecule has 0 N–H and O–H groups in total. The molecule has 0 heterocycles. The van der Waals surface area contributed by atoms with E-state index in [1.807, 2.05) is 0 Å². The lowest BCUT2D eigenvalue weighted by atomic mass is 9.85. The Kier molecular flexibility index (Phi) is 4.69. The van der Waals surface area contributed by atoms with Crippen LogP contribution in [0, 0.1) is 5.92 Å². The minimum absolute atomic E-state index is 0.192. The highest BCUT2D eigenvalue weighted by atomic mass is 32.3. The summed E-state index contributed by atoms with van der Waals surface area (Å²) in [5.41, 5.74) is 0. The van der Waals surface area contributed by atoms with E-state index in [1.54, 1.807) is 6.92 Å². The van der Waals surface area contributed by atoms with E-state index in [0.29, 0.717) is 19.0 Å². The zero-order valence-corrected chi connectivity index (χ0v) is 13.3. The molecule has 8 heteroatoms. The molecular formula is C13H18FNO4S2. The highest BCUT2D eigenvalue weighted by molar-refractivity contribution is 7.89. The van der Waals surface area contributed by atoms with E-state index in [0.717, 1.165) is 31.4 Å². The Hall–Kier alpha value is -0.990. The van der Waals surface area contributed by atoms with Crippen molar-refractivity contribution in [3.8, 4) is 0 Å². The van der Waals surface area contributed by atoms with E-state index < -0.39 is 25.1 Å². The third-order valence-electron chi connectivity index (χ3n) is 3.76. The van der Waals surface area contributed by atoms with Crippen molar-refractivity contribution in [1.29, 1.82) is 0 Å². The number of benzene rings is 1. The monoisotopic (exact) mass is 335 g/mol. The summed E-state index contributed by atoms with van der Waals surface area (Å²) in [5.74, 6) is 0.354. The van der Waals surface area contributed by atoms with Crippen LogP contribution in [-0.2, 0) is 20.2 Å². The summed E-state index contributed by atoms with van der Waals surface area (Å²) in [6.07, 6.45) is 3.12. The van der Waals surface area contributed by atoms with Crippen LogP contribution < -0.4 is 0 Å². The molecule has 1 aliphatic rings. The number of nitrogens with zero attached hydrogens (tertiary/aromatic N) is 1. The lowest BCUT2D eigenvalue weighted by Crippen LogP contribution is -2.37. The van der Waals surface area contributed by atoms with E-state index in [1.165, 1.54) is 16.4 Å². The van der Waals surface area contributed by atoms with Gasteiger partial charge >= 0.3 is 10.2 Å². The maximum Gasteiger partial charge on any atom is 0.332 e. The molecule has 1 aromatic carbocycles. The van der Waals surface area contributed by atoms with Crippen LogP contribution in [0.3, 0.4) is 0 Å². The van der Waals surface area contributed by atoms with Crippen LogP contribution in [0.2, 0.25) is 0 Å². The minimum atomic E-state index is -4.92. The molecule has 0 atom stereocenters. The van der Waals surface area contributed by atoms with Crippen molar-refractivity contribution in [3.63, 3.8) is 0 Å². The van der Waals surface area contributed by atoms with Gasteiger partial charge in [0.15, 0.2) is 0 Å². The van der Waals surface area contributed by atoms with Crippen LogP contribution in [0.15, 0.2) is 34.1 Å². The summed E-state index contributed by atoms with van der Waals surface area (Å²) in [4.78, 5) is -0.828. The van der Waals surface area contributed by atoms with Gasteiger partial charge in [0, 0.05) is 13.1 Å². The Labute approximate surface area is 125 Å². The van der Waals surface area contributed by atoms with Gasteiger partial charge in [0.25, 0.3) is 0 Å². The molecule has 1 aliphatic carbocycles. The van der Waals surface area contributed by atoms with E-state index in [2.05, 4.69) is 0 Å². The fourth-order valence-electron chi connectivity index (χ4n) is 2.30. The van der Waals surface area contributed by atoms with Gasteiger partial charge in [0.05, 0.1) is 9.79 Å². The molecule has 1 saturated carbocycles. The molecule has 0 aromatic heterocycles. The van der Waals surface area contributed by atoms with Gasteiger partial charge in [-0.1, -0.05) is 19.4 Å². The molecular weight excluding hydrogens is 317 g/mol. The predicted molar refractivity (Wildman–Crippen MR) is 76.5 cm³/mol. The van der Waals surface area contributed by atoms with Crippen molar-refractivity contribution in [2.24, 2.45) is 5.92 Å². The second-order valence-electron chi connectivity index (χ2n) is 5.17. The maximum absolute atomic E-state index is 13.0. The highest BCUT2D eigenvalue weighted by Gasteiger charge is 2.29. The third-order valence-corrected chi connectivity index (χ3v) is 6.52. The minimum Gasteiger partial charge on any atom is -0.207 e. The highest BCUT2D eigenvalue weighted by Crippen LogP contribution is 2.29. The predicted octanol–water partition coefficient (Wildman–Crippen LogP) is 2.16. The number of hydrogen-bond acceptors (Lipinski definition) is 4. The second-order valence-corrected chi connectivity index (χ2v) is 8.45. The average Bonchev–Trinajstić information content (AvgIpc) is 2.36. The first-order valence-electron chi connectivity index (χ1n) is 6.80. The molecule has 2 rings (SSSR count). The van der Waals surface area contributed by atoms with Crippen LogP contribution in [0.4, 0.5) is 3.89 Å². The summed E-state index contributed by atoms with van der Waals surface area (Å²) < 4.78 is 61.2. The molecule has 0 radical (unpaired) electrons. The number of sulfonamides is 1. The van der Waals surface area contributed by atoms with Gasteiger partial charge in [-0.2, -0.15) is 12.7 Å². The van der Waals surface area contributed by atoms with E-state index in [9.17, 15) is 20.7 Å². The zero-order valence-electron chi connectivity index (χ0n) is 11.7. The standard InChI is InChI=1S/C13H18FNO4S2/c1-2-15(10-11-5-3-6-11)21(18,19)13-8-4-7-12(9-13)20(14,16)17/h4,7-9,11H,2-3,5-6,10H2,1H3. The van der Waals surface area contributed by atoms with E-state index in [-0.39, 0.29) is 4.90 Å². The largest absolute Gasteiger partial charge is 0.332 e. The smallest absolute Gasteiger partial charge is 0.207 e. The van der Waals surface area contributed by atoms with Crippen LogP contribution in [0.5, 0.6) is 0 Å². The van der Waals surface area contributed by atoms with Crippen LogP contribution >= 0.6 is 0 Å². The second kappa shape index (κ2) is 6.02. The Morgan fingerprint density at radius 1 is 1.19 bits per heavy atom.